The molecule has 3 atom stereocenters. The smallest absolute Gasteiger partial charge is 0.0203 e. The van der Waals surface area contributed by atoms with E-state index in [0.29, 0.717) is 0 Å². The van der Waals surface area contributed by atoms with Crippen LogP contribution in [0.25, 0.3) is 0 Å². The van der Waals surface area contributed by atoms with Crippen molar-refractivity contribution in [1.82, 2.24) is 5.32 Å². The normalized spacial score (nSPS) is 34.0. The van der Waals surface area contributed by atoms with Crippen molar-refractivity contribution in [3.63, 3.8) is 0 Å². The molecule has 2 fully saturated rings. The Balaban J connectivity index is 1.76. The zero-order valence-corrected chi connectivity index (χ0v) is 13.1. The molecule has 2 aliphatic rings. The Labute approximate surface area is 118 Å². The second-order valence-corrected chi connectivity index (χ2v) is 7.77. The first-order valence-corrected chi connectivity index (χ1v) is 9.19. The number of rotatable bonds is 6. The molecule has 106 valence electrons. The summed E-state index contributed by atoms with van der Waals surface area (Å²) < 4.78 is 0. The van der Waals surface area contributed by atoms with Gasteiger partial charge < -0.3 is 5.32 Å². The van der Waals surface area contributed by atoms with Crippen LogP contribution < -0.4 is 5.32 Å². The van der Waals surface area contributed by atoms with Gasteiger partial charge >= 0.3 is 0 Å². The van der Waals surface area contributed by atoms with Gasteiger partial charge in [0.15, 0.2) is 0 Å². The summed E-state index contributed by atoms with van der Waals surface area (Å²) in [6, 6.07) is 0.799. The molecule has 3 unspecified atom stereocenters. The number of thioether (sulfide) groups is 1. The van der Waals surface area contributed by atoms with Crippen molar-refractivity contribution in [2.24, 2.45) is 11.8 Å². The van der Waals surface area contributed by atoms with Gasteiger partial charge in [0.25, 0.3) is 0 Å². The third-order valence-corrected chi connectivity index (χ3v) is 6.34. The lowest BCUT2D eigenvalue weighted by molar-refractivity contribution is 0.317. The van der Waals surface area contributed by atoms with Crippen LogP contribution in [0.3, 0.4) is 0 Å². The summed E-state index contributed by atoms with van der Waals surface area (Å²) in [4.78, 5) is 0. The maximum absolute atomic E-state index is 3.80. The van der Waals surface area contributed by atoms with Gasteiger partial charge in [0.1, 0.15) is 0 Å². The molecule has 1 N–H and O–H groups in total. The summed E-state index contributed by atoms with van der Waals surface area (Å²) >= 11 is 2.29. The van der Waals surface area contributed by atoms with Crippen LogP contribution in [0.15, 0.2) is 0 Å². The van der Waals surface area contributed by atoms with Crippen LogP contribution in [0.4, 0.5) is 0 Å². The minimum absolute atomic E-state index is 0.799. The van der Waals surface area contributed by atoms with E-state index < -0.39 is 0 Å². The van der Waals surface area contributed by atoms with Gasteiger partial charge in [-0.25, -0.2) is 0 Å². The zero-order valence-electron chi connectivity index (χ0n) is 12.3. The average Bonchev–Trinajstić information content (AvgIpc) is 2.88. The summed E-state index contributed by atoms with van der Waals surface area (Å²) in [7, 11) is 0. The first kappa shape index (κ1) is 14.7. The Morgan fingerprint density at radius 3 is 2.61 bits per heavy atom. The van der Waals surface area contributed by atoms with Crippen molar-refractivity contribution in [2.45, 2.75) is 76.5 Å². The van der Waals surface area contributed by atoms with Gasteiger partial charge in [-0.1, -0.05) is 26.7 Å². The Hall–Kier alpha value is 0.310. The SMILES string of the molecule is CCCNC1CCC(C)CC1SCC1CCCC1. The van der Waals surface area contributed by atoms with Crippen LogP contribution in [0.2, 0.25) is 0 Å². The van der Waals surface area contributed by atoms with E-state index >= 15 is 0 Å². The van der Waals surface area contributed by atoms with Crippen molar-refractivity contribution < 1.29 is 0 Å². The second-order valence-electron chi connectivity index (χ2n) is 6.50. The predicted molar refractivity (Wildman–Crippen MR) is 83.3 cm³/mol. The van der Waals surface area contributed by atoms with Crippen molar-refractivity contribution in [3.8, 4) is 0 Å². The fourth-order valence-electron chi connectivity index (χ4n) is 3.51. The highest BCUT2D eigenvalue weighted by Crippen LogP contribution is 2.36. The Morgan fingerprint density at radius 2 is 1.89 bits per heavy atom. The average molecular weight is 269 g/mol. The van der Waals surface area contributed by atoms with Crippen LogP contribution >= 0.6 is 11.8 Å². The van der Waals surface area contributed by atoms with Crippen molar-refractivity contribution in [1.29, 1.82) is 0 Å². The molecule has 0 saturated heterocycles. The first-order chi connectivity index (χ1) is 8.79. The molecule has 0 aliphatic heterocycles. The Morgan fingerprint density at radius 1 is 1.11 bits per heavy atom. The van der Waals surface area contributed by atoms with E-state index in [1.54, 1.807) is 0 Å². The summed E-state index contributed by atoms with van der Waals surface area (Å²) in [5.41, 5.74) is 0. The molecule has 2 rings (SSSR count). The van der Waals surface area contributed by atoms with Crippen LogP contribution in [0.1, 0.15) is 65.2 Å². The van der Waals surface area contributed by atoms with E-state index in [2.05, 4.69) is 30.9 Å². The molecule has 0 spiro atoms. The van der Waals surface area contributed by atoms with Crippen LogP contribution in [-0.4, -0.2) is 23.6 Å². The summed E-state index contributed by atoms with van der Waals surface area (Å²) in [5, 5.41) is 4.69. The molecular formula is C16H31NS. The van der Waals surface area contributed by atoms with E-state index in [9.17, 15) is 0 Å². The number of hydrogen-bond acceptors (Lipinski definition) is 2. The van der Waals surface area contributed by atoms with Gasteiger partial charge in [0.2, 0.25) is 0 Å². The monoisotopic (exact) mass is 269 g/mol. The molecule has 18 heavy (non-hydrogen) atoms. The maximum Gasteiger partial charge on any atom is 0.0203 e. The number of nitrogens with one attached hydrogen (secondary N) is 1. The van der Waals surface area contributed by atoms with Crippen LogP contribution in [0, 0.1) is 11.8 Å². The molecule has 0 aromatic carbocycles. The van der Waals surface area contributed by atoms with E-state index in [4.69, 9.17) is 0 Å². The number of hydrogen-bond donors (Lipinski definition) is 1. The van der Waals surface area contributed by atoms with Gasteiger partial charge in [0, 0.05) is 11.3 Å². The third kappa shape index (κ3) is 4.45. The Kier molecular flexibility index (Phi) is 6.37. The van der Waals surface area contributed by atoms with Crippen molar-refractivity contribution in [2.75, 3.05) is 12.3 Å². The lowest BCUT2D eigenvalue weighted by Crippen LogP contribution is -2.42. The molecule has 0 amide bonds. The quantitative estimate of drug-likeness (QED) is 0.763. The minimum Gasteiger partial charge on any atom is -0.313 e. The third-order valence-electron chi connectivity index (χ3n) is 4.73. The molecule has 1 nitrogen and oxygen atoms in total. The van der Waals surface area contributed by atoms with Crippen molar-refractivity contribution in [3.05, 3.63) is 0 Å². The highest BCUT2D eigenvalue weighted by Gasteiger charge is 2.29. The zero-order chi connectivity index (χ0) is 12.8. The molecule has 2 heteroatoms. The fourth-order valence-corrected chi connectivity index (χ4v) is 5.29. The van der Waals surface area contributed by atoms with Gasteiger partial charge in [-0.15, -0.1) is 0 Å². The van der Waals surface area contributed by atoms with Gasteiger partial charge in [-0.05, 0) is 62.7 Å². The molecule has 0 heterocycles. The van der Waals surface area contributed by atoms with Gasteiger partial charge in [-0.2, -0.15) is 11.8 Å². The molecule has 2 saturated carbocycles. The highest BCUT2D eigenvalue weighted by molar-refractivity contribution is 7.99. The van der Waals surface area contributed by atoms with E-state index in [1.165, 1.54) is 63.7 Å². The largest absolute Gasteiger partial charge is 0.313 e. The van der Waals surface area contributed by atoms with Crippen molar-refractivity contribution >= 4 is 11.8 Å². The topological polar surface area (TPSA) is 12.0 Å². The summed E-state index contributed by atoms with van der Waals surface area (Å²) in [6.45, 7) is 5.93. The molecule has 0 aromatic heterocycles. The lowest BCUT2D eigenvalue weighted by Gasteiger charge is -2.35. The van der Waals surface area contributed by atoms with Crippen LogP contribution in [-0.2, 0) is 0 Å². The van der Waals surface area contributed by atoms with Crippen LogP contribution in [0.5, 0.6) is 0 Å². The molecule has 2 aliphatic carbocycles. The fraction of sp³-hybridized carbons (Fsp3) is 1.00. The first-order valence-electron chi connectivity index (χ1n) is 8.14. The second kappa shape index (κ2) is 7.79. The van der Waals surface area contributed by atoms with Gasteiger partial charge in [0.05, 0.1) is 0 Å². The minimum atomic E-state index is 0.799. The lowest BCUT2D eigenvalue weighted by atomic mass is 9.87. The highest BCUT2D eigenvalue weighted by atomic mass is 32.2. The van der Waals surface area contributed by atoms with E-state index in [0.717, 1.165) is 23.1 Å². The van der Waals surface area contributed by atoms with Gasteiger partial charge in [-0.3, -0.25) is 0 Å². The standard InChI is InChI=1S/C16H31NS/c1-3-10-17-15-9-8-13(2)11-16(15)18-12-14-6-4-5-7-14/h13-17H,3-12H2,1-2H3. The van der Waals surface area contributed by atoms with E-state index in [1.807, 2.05) is 0 Å². The molecule has 0 radical (unpaired) electrons. The van der Waals surface area contributed by atoms with E-state index in [-0.39, 0.29) is 0 Å². The maximum atomic E-state index is 3.80. The molecular weight excluding hydrogens is 238 g/mol. The predicted octanol–water partition coefficient (Wildman–Crippen LogP) is 4.47. The molecule has 0 aromatic rings. The Bertz CT molecular complexity index is 223. The summed E-state index contributed by atoms with van der Waals surface area (Å²) in [6.07, 6.45) is 11.5. The summed E-state index contributed by atoms with van der Waals surface area (Å²) in [5.74, 6) is 3.42. The molecule has 0 bridgehead atoms.